The Hall–Kier alpha value is -3.38. The van der Waals surface area contributed by atoms with Crippen LogP contribution in [-0.2, 0) is 10.0 Å². The van der Waals surface area contributed by atoms with E-state index >= 15 is 0 Å². The number of anilines is 2. The van der Waals surface area contributed by atoms with Gasteiger partial charge < -0.3 is 15.0 Å². The molecule has 12 heteroatoms. The first-order chi connectivity index (χ1) is 19.3. The summed E-state index contributed by atoms with van der Waals surface area (Å²) < 4.78 is 34.8. The number of hydrogen-bond acceptors (Lipinski definition) is 8. The molecule has 0 atom stereocenters. The maximum absolute atomic E-state index is 12.8. The van der Waals surface area contributed by atoms with Crippen molar-refractivity contribution in [3.05, 3.63) is 77.9 Å². The van der Waals surface area contributed by atoms with Gasteiger partial charge in [0.15, 0.2) is 5.13 Å². The number of piperazine rings is 1. The molecule has 5 rings (SSSR count). The average molecular weight is 616 g/mol. The van der Waals surface area contributed by atoms with Gasteiger partial charge in [0.2, 0.25) is 0 Å². The molecule has 1 aromatic heterocycles. The number of nitrogens with one attached hydrogen (secondary N) is 2. The summed E-state index contributed by atoms with van der Waals surface area (Å²) in [5.41, 5.74) is 2.63. The smallest absolute Gasteiger partial charge is 0.261 e. The van der Waals surface area contributed by atoms with Gasteiger partial charge in [0, 0.05) is 50.5 Å². The molecule has 0 saturated carbocycles. The molecule has 0 radical (unpaired) electrons. The number of sulfonamides is 1. The van der Waals surface area contributed by atoms with E-state index in [1.165, 1.54) is 0 Å². The third kappa shape index (κ3) is 7.48. The third-order valence-electron chi connectivity index (χ3n) is 6.74. The Balaban J connectivity index is 0.00000387. The first-order valence-corrected chi connectivity index (χ1v) is 15.6. The second-order valence-electron chi connectivity index (χ2n) is 9.62. The number of carbonyl (C=O) groups is 1. The first kappa shape index (κ1) is 30.6. The van der Waals surface area contributed by atoms with Crippen LogP contribution >= 0.6 is 23.7 Å². The van der Waals surface area contributed by atoms with Crippen LogP contribution in [0, 0.1) is 6.92 Å². The average Bonchev–Trinajstić information content (AvgIpc) is 3.39. The SMILES string of the molecule is CCOc1cccc2sc(N3CCN(CCNC(=O)c4cccc(NS(=O)(=O)c5ccc(C)cc5)c4)CC3)nc12.Cl. The molecule has 9 nitrogen and oxygen atoms in total. The van der Waals surface area contributed by atoms with Gasteiger partial charge >= 0.3 is 0 Å². The van der Waals surface area contributed by atoms with E-state index in [0.29, 0.717) is 24.4 Å². The number of nitrogens with zero attached hydrogens (tertiary/aromatic N) is 3. The number of thiazole rings is 1. The van der Waals surface area contributed by atoms with Gasteiger partial charge in [0.05, 0.1) is 16.2 Å². The Kier molecular flexibility index (Phi) is 10.1. The van der Waals surface area contributed by atoms with E-state index in [9.17, 15) is 13.2 Å². The van der Waals surface area contributed by atoms with Crippen LogP contribution in [0.25, 0.3) is 10.2 Å². The van der Waals surface area contributed by atoms with Crippen LogP contribution in [0.5, 0.6) is 5.75 Å². The highest BCUT2D eigenvalue weighted by Crippen LogP contribution is 2.34. The van der Waals surface area contributed by atoms with Crippen molar-refractivity contribution in [2.45, 2.75) is 18.7 Å². The molecule has 0 bridgehead atoms. The first-order valence-electron chi connectivity index (χ1n) is 13.3. The van der Waals surface area contributed by atoms with Crippen LogP contribution in [0.2, 0.25) is 0 Å². The number of ether oxygens (including phenoxy) is 1. The molecule has 1 aliphatic rings. The number of aryl methyl sites for hydroxylation is 1. The highest BCUT2D eigenvalue weighted by atomic mass is 35.5. The Bertz CT molecular complexity index is 1590. The zero-order valence-electron chi connectivity index (χ0n) is 23.0. The molecule has 2 N–H and O–H groups in total. The number of halogens is 1. The summed E-state index contributed by atoms with van der Waals surface area (Å²) >= 11 is 1.68. The predicted molar refractivity (Wildman–Crippen MR) is 167 cm³/mol. The van der Waals surface area contributed by atoms with Gasteiger partial charge in [-0.05, 0) is 56.3 Å². The number of fused-ring (bicyclic) bond motifs is 1. The van der Waals surface area contributed by atoms with E-state index in [1.54, 1.807) is 59.9 Å². The molecule has 41 heavy (non-hydrogen) atoms. The molecule has 1 fully saturated rings. The molecular weight excluding hydrogens is 582 g/mol. The van der Waals surface area contributed by atoms with Gasteiger partial charge in [-0.3, -0.25) is 14.4 Å². The number of hydrogen-bond donors (Lipinski definition) is 2. The molecule has 2 heterocycles. The monoisotopic (exact) mass is 615 g/mol. The molecule has 1 amide bonds. The number of benzene rings is 3. The summed E-state index contributed by atoms with van der Waals surface area (Å²) in [4.78, 5) is 22.4. The van der Waals surface area contributed by atoms with Crippen LogP contribution in [0.1, 0.15) is 22.8 Å². The zero-order chi connectivity index (χ0) is 28.1. The molecule has 3 aromatic carbocycles. The van der Waals surface area contributed by atoms with Gasteiger partial charge in [-0.1, -0.05) is 41.2 Å². The minimum absolute atomic E-state index is 0. The number of amides is 1. The van der Waals surface area contributed by atoms with Gasteiger partial charge in [-0.15, -0.1) is 12.4 Å². The van der Waals surface area contributed by atoms with Crippen molar-refractivity contribution in [1.29, 1.82) is 0 Å². The van der Waals surface area contributed by atoms with E-state index in [-0.39, 0.29) is 23.2 Å². The lowest BCUT2D eigenvalue weighted by molar-refractivity contribution is 0.0947. The predicted octanol–water partition coefficient (Wildman–Crippen LogP) is 4.78. The van der Waals surface area contributed by atoms with E-state index in [0.717, 1.165) is 59.4 Å². The van der Waals surface area contributed by atoms with Crippen molar-refractivity contribution >= 4 is 60.7 Å². The highest BCUT2D eigenvalue weighted by molar-refractivity contribution is 7.92. The van der Waals surface area contributed by atoms with Crippen molar-refractivity contribution in [2.24, 2.45) is 0 Å². The van der Waals surface area contributed by atoms with Gasteiger partial charge in [0.25, 0.3) is 15.9 Å². The van der Waals surface area contributed by atoms with Gasteiger partial charge in [-0.25, -0.2) is 13.4 Å². The second-order valence-corrected chi connectivity index (χ2v) is 12.3. The lowest BCUT2D eigenvalue weighted by Gasteiger charge is -2.34. The second kappa shape index (κ2) is 13.5. The normalized spacial score (nSPS) is 14.0. The molecule has 0 unspecified atom stereocenters. The van der Waals surface area contributed by atoms with Crippen molar-refractivity contribution in [3.63, 3.8) is 0 Å². The number of aromatic nitrogens is 1. The Morgan fingerprint density at radius 1 is 1.02 bits per heavy atom. The van der Waals surface area contributed by atoms with Crippen molar-refractivity contribution < 1.29 is 17.9 Å². The minimum Gasteiger partial charge on any atom is -0.492 e. The van der Waals surface area contributed by atoms with Crippen LogP contribution in [0.4, 0.5) is 10.8 Å². The fourth-order valence-electron chi connectivity index (χ4n) is 4.57. The Morgan fingerprint density at radius 2 is 1.76 bits per heavy atom. The maximum Gasteiger partial charge on any atom is 0.261 e. The van der Waals surface area contributed by atoms with Crippen LogP contribution in [0.15, 0.2) is 71.6 Å². The number of para-hydroxylation sites is 1. The Labute approximate surface area is 251 Å². The number of carbonyl (C=O) groups excluding carboxylic acids is 1. The topological polar surface area (TPSA) is 104 Å². The molecule has 4 aromatic rings. The van der Waals surface area contributed by atoms with Crippen molar-refractivity contribution in [1.82, 2.24) is 15.2 Å². The molecule has 1 aliphatic heterocycles. The van der Waals surface area contributed by atoms with Gasteiger partial charge in [-0.2, -0.15) is 0 Å². The lowest BCUT2D eigenvalue weighted by atomic mass is 10.2. The van der Waals surface area contributed by atoms with Crippen molar-refractivity contribution in [2.75, 3.05) is 55.5 Å². The summed E-state index contributed by atoms with van der Waals surface area (Å²) in [7, 11) is -3.74. The summed E-state index contributed by atoms with van der Waals surface area (Å²) in [6, 6.07) is 19.2. The summed E-state index contributed by atoms with van der Waals surface area (Å²) in [5, 5.41) is 3.96. The molecular formula is C29H34ClN5O4S2. The van der Waals surface area contributed by atoms with Crippen molar-refractivity contribution in [3.8, 4) is 5.75 Å². The third-order valence-corrected chi connectivity index (χ3v) is 9.21. The molecule has 0 spiro atoms. The number of rotatable bonds is 10. The molecule has 1 saturated heterocycles. The fraction of sp³-hybridized carbons (Fsp3) is 0.310. The lowest BCUT2D eigenvalue weighted by Crippen LogP contribution is -2.48. The largest absolute Gasteiger partial charge is 0.492 e. The quantitative estimate of drug-likeness (QED) is 0.265. The van der Waals surface area contributed by atoms with E-state index in [1.807, 2.05) is 26.0 Å². The maximum atomic E-state index is 12.8. The molecule has 218 valence electrons. The van der Waals surface area contributed by atoms with E-state index < -0.39 is 10.0 Å². The standard InChI is InChI=1S/C29H33N5O4S2.ClH/c1-3-38-25-8-5-9-26-27(25)31-29(39-26)34-18-16-33(17-19-34)15-14-30-28(35)22-6-4-7-23(20-22)32-40(36,37)24-12-10-21(2)11-13-24;/h4-13,20,32H,3,14-19H2,1-2H3,(H,30,35);1H. The Morgan fingerprint density at radius 3 is 2.49 bits per heavy atom. The van der Waals surface area contributed by atoms with Crippen LogP contribution in [0.3, 0.4) is 0 Å². The molecule has 0 aliphatic carbocycles. The van der Waals surface area contributed by atoms with Gasteiger partial charge in [0.1, 0.15) is 11.3 Å². The summed E-state index contributed by atoms with van der Waals surface area (Å²) in [5.74, 6) is 0.584. The minimum atomic E-state index is -3.74. The fourth-order valence-corrected chi connectivity index (χ4v) is 6.65. The van der Waals surface area contributed by atoms with Crippen LogP contribution < -0.4 is 19.7 Å². The highest BCUT2D eigenvalue weighted by Gasteiger charge is 2.21. The summed E-state index contributed by atoms with van der Waals surface area (Å²) in [6.07, 6.45) is 0. The van der Waals surface area contributed by atoms with E-state index in [4.69, 9.17) is 9.72 Å². The zero-order valence-corrected chi connectivity index (χ0v) is 25.4. The van der Waals surface area contributed by atoms with E-state index in [2.05, 4.69) is 25.9 Å². The van der Waals surface area contributed by atoms with Crippen LogP contribution in [-0.4, -0.2) is 70.1 Å². The summed E-state index contributed by atoms with van der Waals surface area (Å²) in [6.45, 7) is 9.18.